The number of benzene rings is 1. The van der Waals surface area contributed by atoms with Crippen molar-refractivity contribution >= 4 is 26.0 Å². The molecule has 24 heavy (non-hydrogen) atoms. The van der Waals surface area contributed by atoms with Gasteiger partial charge in [0.15, 0.2) is 5.82 Å². The Bertz CT molecular complexity index is 837. The van der Waals surface area contributed by atoms with Crippen LogP contribution in [0.4, 0.5) is 0 Å². The van der Waals surface area contributed by atoms with Crippen LogP contribution in [0.5, 0.6) is 5.75 Å². The third kappa shape index (κ3) is 3.33. The highest BCUT2D eigenvalue weighted by atomic mass is 79.9. The maximum atomic E-state index is 12.9. The van der Waals surface area contributed by atoms with E-state index in [2.05, 4.69) is 31.1 Å². The van der Waals surface area contributed by atoms with E-state index in [1.807, 2.05) is 6.92 Å². The first-order valence-electron chi connectivity index (χ1n) is 7.64. The van der Waals surface area contributed by atoms with Crippen LogP contribution in [0, 0.1) is 6.92 Å². The second-order valence-electron chi connectivity index (χ2n) is 5.78. The van der Waals surface area contributed by atoms with Crippen molar-refractivity contribution in [2.24, 2.45) is 0 Å². The number of aromatic nitrogens is 3. The van der Waals surface area contributed by atoms with Gasteiger partial charge in [0.05, 0.1) is 16.5 Å². The highest BCUT2D eigenvalue weighted by molar-refractivity contribution is 9.10. The van der Waals surface area contributed by atoms with Gasteiger partial charge in [-0.15, -0.1) is 0 Å². The molecule has 130 valence electrons. The van der Waals surface area contributed by atoms with Crippen LogP contribution in [0.25, 0.3) is 0 Å². The number of sulfonamides is 1. The van der Waals surface area contributed by atoms with Gasteiger partial charge in [-0.1, -0.05) is 0 Å². The maximum Gasteiger partial charge on any atom is 0.243 e. The van der Waals surface area contributed by atoms with Crippen molar-refractivity contribution in [1.82, 2.24) is 19.5 Å². The van der Waals surface area contributed by atoms with Crippen molar-refractivity contribution < 1.29 is 13.2 Å². The second-order valence-corrected chi connectivity index (χ2v) is 8.57. The normalized spacial score (nSPS) is 19.4. The minimum Gasteiger partial charge on any atom is -0.496 e. The fourth-order valence-electron chi connectivity index (χ4n) is 2.87. The molecule has 1 aromatic carbocycles. The average Bonchev–Trinajstić information content (AvgIpc) is 3.01. The molecule has 1 N–H and O–H groups in total. The number of rotatable bonds is 4. The van der Waals surface area contributed by atoms with E-state index in [0.717, 1.165) is 18.7 Å². The molecule has 1 aliphatic heterocycles. The van der Waals surface area contributed by atoms with Gasteiger partial charge in [0, 0.05) is 19.0 Å². The zero-order chi connectivity index (χ0) is 17.3. The number of ether oxygens (including phenoxy) is 1. The molecular weight excluding hydrogens is 396 g/mol. The molecule has 1 fully saturated rings. The maximum absolute atomic E-state index is 12.9. The van der Waals surface area contributed by atoms with Crippen LogP contribution in [0.3, 0.4) is 0 Å². The van der Waals surface area contributed by atoms with Crippen molar-refractivity contribution in [3.63, 3.8) is 0 Å². The van der Waals surface area contributed by atoms with Gasteiger partial charge in [-0.3, -0.25) is 5.10 Å². The van der Waals surface area contributed by atoms with Crippen molar-refractivity contribution in [3.05, 3.63) is 34.3 Å². The van der Waals surface area contributed by atoms with Crippen LogP contribution in [-0.4, -0.2) is 48.1 Å². The predicted octanol–water partition coefficient (Wildman–Crippen LogP) is 2.45. The quantitative estimate of drug-likeness (QED) is 0.829. The zero-order valence-corrected chi connectivity index (χ0v) is 15.9. The first-order valence-corrected chi connectivity index (χ1v) is 9.87. The highest BCUT2D eigenvalue weighted by Crippen LogP contribution is 2.32. The van der Waals surface area contributed by atoms with Crippen molar-refractivity contribution in [1.29, 1.82) is 0 Å². The van der Waals surface area contributed by atoms with E-state index in [1.54, 1.807) is 25.3 Å². The van der Waals surface area contributed by atoms with E-state index in [4.69, 9.17) is 4.74 Å². The standard InChI is InChI=1S/C15H19BrN4O3S/c1-10-17-15(19-18-10)11-4-3-7-20(9-11)24(21,22)12-5-6-14(23-2)13(16)8-12/h5-6,8,11H,3-4,7,9H2,1-2H3,(H,17,18,19)/t11-/m1/s1. The van der Waals surface area contributed by atoms with E-state index in [9.17, 15) is 8.42 Å². The Hall–Kier alpha value is -1.45. The van der Waals surface area contributed by atoms with E-state index in [-0.39, 0.29) is 10.8 Å². The number of aryl methyl sites for hydroxylation is 1. The Morgan fingerprint density at radius 3 is 2.83 bits per heavy atom. The summed E-state index contributed by atoms with van der Waals surface area (Å²) in [6, 6.07) is 4.80. The second kappa shape index (κ2) is 6.81. The SMILES string of the molecule is COc1ccc(S(=O)(=O)N2CCC[C@@H](c3n[nH]c(C)n3)C2)cc1Br. The average molecular weight is 415 g/mol. The van der Waals surface area contributed by atoms with Crippen molar-refractivity contribution in [2.75, 3.05) is 20.2 Å². The van der Waals surface area contributed by atoms with E-state index in [0.29, 0.717) is 29.1 Å². The molecule has 0 amide bonds. The number of H-pyrrole nitrogens is 1. The summed E-state index contributed by atoms with van der Waals surface area (Å²) in [5.74, 6) is 2.04. The van der Waals surface area contributed by atoms with Crippen molar-refractivity contribution in [2.45, 2.75) is 30.6 Å². The fraction of sp³-hybridized carbons (Fsp3) is 0.467. The number of hydrogen-bond donors (Lipinski definition) is 1. The van der Waals surface area contributed by atoms with Gasteiger partial charge in [0.1, 0.15) is 11.6 Å². The molecule has 9 heteroatoms. The molecule has 0 aliphatic carbocycles. The number of methoxy groups -OCH3 is 1. The third-order valence-corrected chi connectivity index (χ3v) is 6.61. The van der Waals surface area contributed by atoms with Gasteiger partial charge >= 0.3 is 0 Å². The van der Waals surface area contributed by atoms with Gasteiger partial charge in [0.25, 0.3) is 0 Å². The molecule has 0 unspecified atom stereocenters. The number of aromatic amines is 1. The van der Waals surface area contributed by atoms with E-state index >= 15 is 0 Å². The minimum atomic E-state index is -3.56. The number of halogens is 1. The monoisotopic (exact) mass is 414 g/mol. The molecule has 1 saturated heterocycles. The summed E-state index contributed by atoms with van der Waals surface area (Å²) in [5, 5.41) is 7.01. The summed E-state index contributed by atoms with van der Waals surface area (Å²) in [4.78, 5) is 4.60. The summed E-state index contributed by atoms with van der Waals surface area (Å²) < 4.78 is 33.2. The summed E-state index contributed by atoms with van der Waals surface area (Å²) in [7, 11) is -2.02. The van der Waals surface area contributed by atoms with Gasteiger partial charge in [-0.05, 0) is 53.9 Å². The largest absolute Gasteiger partial charge is 0.496 e. The topological polar surface area (TPSA) is 88.2 Å². The minimum absolute atomic E-state index is 0.0140. The summed E-state index contributed by atoms with van der Waals surface area (Å²) in [5.41, 5.74) is 0. The van der Waals surface area contributed by atoms with E-state index in [1.165, 1.54) is 4.31 Å². The third-order valence-electron chi connectivity index (χ3n) is 4.12. The Balaban J connectivity index is 1.85. The van der Waals surface area contributed by atoms with Crippen LogP contribution < -0.4 is 4.74 Å². The highest BCUT2D eigenvalue weighted by Gasteiger charge is 2.32. The lowest BCUT2D eigenvalue weighted by Crippen LogP contribution is -2.39. The molecule has 7 nitrogen and oxygen atoms in total. The molecule has 0 bridgehead atoms. The first kappa shape index (κ1) is 17.4. The Morgan fingerprint density at radius 2 is 2.21 bits per heavy atom. The van der Waals surface area contributed by atoms with Gasteiger partial charge < -0.3 is 4.74 Å². The lowest BCUT2D eigenvalue weighted by atomic mass is 9.99. The molecule has 2 heterocycles. The molecule has 1 aromatic heterocycles. The smallest absolute Gasteiger partial charge is 0.243 e. The van der Waals surface area contributed by atoms with Crippen LogP contribution in [0.1, 0.15) is 30.4 Å². The lowest BCUT2D eigenvalue weighted by Gasteiger charge is -2.30. The molecule has 0 saturated carbocycles. The van der Waals surface area contributed by atoms with Gasteiger partial charge in [-0.2, -0.15) is 9.40 Å². The zero-order valence-electron chi connectivity index (χ0n) is 13.5. The molecule has 1 atom stereocenters. The molecular formula is C15H19BrN4O3S. The first-order chi connectivity index (χ1) is 11.4. The number of nitrogens with one attached hydrogen (secondary N) is 1. The molecule has 3 rings (SSSR count). The summed E-state index contributed by atoms with van der Waals surface area (Å²) in [6.45, 7) is 2.73. The number of hydrogen-bond acceptors (Lipinski definition) is 5. The molecule has 0 radical (unpaired) electrons. The van der Waals surface area contributed by atoms with Crippen LogP contribution >= 0.6 is 15.9 Å². The van der Waals surface area contributed by atoms with Crippen molar-refractivity contribution in [3.8, 4) is 5.75 Å². The Labute approximate surface area is 149 Å². The molecule has 2 aromatic rings. The molecule has 0 spiro atoms. The molecule has 1 aliphatic rings. The van der Waals surface area contributed by atoms with Crippen LogP contribution in [0.2, 0.25) is 0 Å². The Morgan fingerprint density at radius 1 is 1.42 bits per heavy atom. The lowest BCUT2D eigenvalue weighted by molar-refractivity contribution is 0.309. The predicted molar refractivity (Wildman–Crippen MR) is 92.5 cm³/mol. The van der Waals surface area contributed by atoms with Gasteiger partial charge in [-0.25, -0.2) is 13.4 Å². The van der Waals surface area contributed by atoms with Crippen LogP contribution in [0.15, 0.2) is 27.6 Å². The van der Waals surface area contributed by atoms with Crippen LogP contribution in [-0.2, 0) is 10.0 Å². The van der Waals surface area contributed by atoms with Gasteiger partial charge in [0.2, 0.25) is 10.0 Å². The summed E-state index contributed by atoms with van der Waals surface area (Å²) in [6.07, 6.45) is 1.67. The summed E-state index contributed by atoms with van der Waals surface area (Å²) >= 11 is 3.34. The fourth-order valence-corrected chi connectivity index (χ4v) is 5.11. The number of nitrogens with zero attached hydrogens (tertiary/aromatic N) is 3. The number of piperidine rings is 1. The van der Waals surface area contributed by atoms with E-state index < -0.39 is 10.0 Å². The Kier molecular flexibility index (Phi) is 4.93.